The van der Waals surface area contributed by atoms with Gasteiger partial charge in [0.05, 0.1) is 25.9 Å². The van der Waals surface area contributed by atoms with Gasteiger partial charge in [-0.2, -0.15) is 0 Å². The fourth-order valence-corrected chi connectivity index (χ4v) is 2.34. The van der Waals surface area contributed by atoms with Gasteiger partial charge >= 0.3 is 12.1 Å². The Morgan fingerprint density at radius 2 is 1.73 bits per heavy atom. The molecular weight excluding hydrogens is 338 g/mol. The first-order chi connectivity index (χ1) is 12.5. The van der Waals surface area contributed by atoms with Crippen LogP contribution >= 0.6 is 0 Å². The second-order valence-corrected chi connectivity index (χ2v) is 5.52. The Hall–Kier alpha value is -2.28. The molecule has 7 heteroatoms. The topological polar surface area (TPSA) is 74.3 Å². The molecule has 0 aromatic heterocycles. The number of nitrogens with zero attached hydrogens (tertiary/aromatic N) is 1. The van der Waals surface area contributed by atoms with Crippen LogP contribution in [-0.2, 0) is 9.47 Å². The van der Waals surface area contributed by atoms with E-state index >= 15 is 0 Å². The molecule has 0 bridgehead atoms. The van der Waals surface area contributed by atoms with Gasteiger partial charge in [-0.15, -0.1) is 0 Å². The Morgan fingerprint density at radius 3 is 2.35 bits per heavy atom. The van der Waals surface area contributed by atoms with Gasteiger partial charge in [0.2, 0.25) is 0 Å². The Morgan fingerprint density at radius 1 is 1.00 bits per heavy atom. The summed E-state index contributed by atoms with van der Waals surface area (Å²) in [5, 5.41) is 0. The van der Waals surface area contributed by atoms with Crippen molar-refractivity contribution in [3.05, 3.63) is 23.8 Å². The lowest BCUT2D eigenvalue weighted by atomic mass is 10.2. The third kappa shape index (κ3) is 7.31. The Bertz CT molecular complexity index is 571. The smallest absolute Gasteiger partial charge is 0.493 e. The van der Waals surface area contributed by atoms with Gasteiger partial charge in [0, 0.05) is 0 Å². The van der Waals surface area contributed by atoms with E-state index in [2.05, 4.69) is 18.7 Å². The Labute approximate surface area is 155 Å². The predicted molar refractivity (Wildman–Crippen MR) is 97.9 cm³/mol. The maximum absolute atomic E-state index is 12.1. The van der Waals surface area contributed by atoms with E-state index < -0.39 is 12.1 Å². The number of rotatable bonds is 11. The number of esters is 1. The highest BCUT2D eigenvalue weighted by molar-refractivity contribution is 5.90. The number of carbonyl (C=O) groups excluding carboxylic acids is 2. The predicted octanol–water partition coefficient (Wildman–Crippen LogP) is 3.51. The number of hydrogen-bond acceptors (Lipinski definition) is 7. The van der Waals surface area contributed by atoms with Gasteiger partial charge < -0.3 is 23.8 Å². The second kappa shape index (κ2) is 12.1. The van der Waals surface area contributed by atoms with Crippen LogP contribution in [0.3, 0.4) is 0 Å². The van der Waals surface area contributed by atoms with Crippen molar-refractivity contribution in [1.29, 1.82) is 0 Å². The molecular formula is C19H29NO6. The molecule has 0 atom stereocenters. The molecule has 1 rings (SSSR count). The van der Waals surface area contributed by atoms with Crippen molar-refractivity contribution < 1.29 is 28.5 Å². The molecule has 0 heterocycles. The highest BCUT2D eigenvalue weighted by Gasteiger charge is 2.15. The lowest BCUT2D eigenvalue weighted by molar-refractivity contribution is 0.0495. The van der Waals surface area contributed by atoms with Crippen LogP contribution in [0.4, 0.5) is 4.79 Å². The summed E-state index contributed by atoms with van der Waals surface area (Å²) in [5.74, 6) is 0.00424. The van der Waals surface area contributed by atoms with Crippen LogP contribution in [0.5, 0.6) is 11.5 Å². The minimum Gasteiger partial charge on any atom is -0.493 e. The van der Waals surface area contributed by atoms with Crippen LogP contribution in [0.25, 0.3) is 0 Å². The molecule has 0 unspecified atom stereocenters. The van der Waals surface area contributed by atoms with Crippen molar-refractivity contribution >= 4 is 12.1 Å². The van der Waals surface area contributed by atoms with Gasteiger partial charge in [0.1, 0.15) is 0 Å². The number of benzene rings is 1. The molecule has 26 heavy (non-hydrogen) atoms. The quantitative estimate of drug-likeness (QED) is 0.336. The largest absolute Gasteiger partial charge is 0.513 e. The summed E-state index contributed by atoms with van der Waals surface area (Å²) in [4.78, 5) is 25.9. The molecule has 0 spiro atoms. The summed E-state index contributed by atoms with van der Waals surface area (Å²) >= 11 is 0. The monoisotopic (exact) mass is 367 g/mol. The van der Waals surface area contributed by atoms with Crippen molar-refractivity contribution in [2.75, 3.05) is 40.0 Å². The second-order valence-electron chi connectivity index (χ2n) is 5.52. The van der Waals surface area contributed by atoms with Crippen LogP contribution < -0.4 is 9.47 Å². The molecule has 0 N–H and O–H groups in total. The fraction of sp³-hybridized carbons (Fsp3) is 0.579. The molecule has 1 aromatic rings. The molecule has 0 saturated heterocycles. The van der Waals surface area contributed by atoms with Gasteiger partial charge in [-0.05, 0) is 57.6 Å². The van der Waals surface area contributed by atoms with Crippen molar-refractivity contribution in [2.45, 2.75) is 33.6 Å². The van der Waals surface area contributed by atoms with Crippen LogP contribution in [0, 0.1) is 0 Å². The van der Waals surface area contributed by atoms with Gasteiger partial charge in [-0.3, -0.25) is 0 Å². The molecule has 7 nitrogen and oxygen atoms in total. The van der Waals surface area contributed by atoms with Gasteiger partial charge in [0.15, 0.2) is 11.5 Å². The summed E-state index contributed by atoms with van der Waals surface area (Å²) in [6, 6.07) is 4.48. The molecule has 0 fully saturated rings. The molecule has 0 amide bonds. The number of hydrogen-bond donors (Lipinski definition) is 0. The lowest BCUT2D eigenvalue weighted by Crippen LogP contribution is -2.24. The normalized spacial score (nSPS) is 10.5. The maximum atomic E-state index is 12.1. The Balaban J connectivity index is 2.52. The zero-order valence-corrected chi connectivity index (χ0v) is 16.1. The number of methoxy groups -OCH3 is 1. The summed E-state index contributed by atoms with van der Waals surface area (Å²) in [6.45, 7) is 9.56. The molecule has 1 aromatic carbocycles. The van der Waals surface area contributed by atoms with Crippen molar-refractivity contribution in [2.24, 2.45) is 0 Å². The third-order valence-electron chi connectivity index (χ3n) is 3.85. The van der Waals surface area contributed by atoms with Crippen LogP contribution in [-0.4, -0.2) is 57.0 Å². The van der Waals surface area contributed by atoms with E-state index in [-0.39, 0.29) is 18.1 Å². The molecule has 0 saturated carbocycles. The van der Waals surface area contributed by atoms with Gasteiger partial charge in [-0.1, -0.05) is 13.8 Å². The molecule has 0 radical (unpaired) electrons. The highest BCUT2D eigenvalue weighted by atomic mass is 16.7. The van der Waals surface area contributed by atoms with E-state index in [1.54, 1.807) is 6.92 Å². The molecule has 0 aliphatic heterocycles. The van der Waals surface area contributed by atoms with Gasteiger partial charge in [-0.25, -0.2) is 9.59 Å². The SMILES string of the molecule is CCOC(=O)Oc1ccc(C(=O)OCCCCN(CC)CC)cc1OC. The van der Waals surface area contributed by atoms with Gasteiger partial charge in [0.25, 0.3) is 0 Å². The van der Waals surface area contributed by atoms with E-state index in [1.165, 1.54) is 25.3 Å². The highest BCUT2D eigenvalue weighted by Crippen LogP contribution is 2.28. The minimum atomic E-state index is -0.825. The number of carbonyl (C=O) groups is 2. The van der Waals surface area contributed by atoms with E-state index in [0.717, 1.165) is 32.5 Å². The average Bonchev–Trinajstić information content (AvgIpc) is 2.65. The molecule has 0 aliphatic carbocycles. The zero-order chi connectivity index (χ0) is 19.4. The first kappa shape index (κ1) is 21.8. The van der Waals surface area contributed by atoms with Crippen LogP contribution in [0.15, 0.2) is 18.2 Å². The lowest BCUT2D eigenvalue weighted by Gasteiger charge is -2.17. The van der Waals surface area contributed by atoms with E-state index in [4.69, 9.17) is 18.9 Å². The van der Waals surface area contributed by atoms with E-state index in [1.807, 2.05) is 0 Å². The average molecular weight is 367 g/mol. The third-order valence-corrected chi connectivity index (χ3v) is 3.85. The summed E-state index contributed by atoms with van der Waals surface area (Å²) in [5.41, 5.74) is 0.335. The first-order valence-electron chi connectivity index (χ1n) is 8.97. The first-order valence-corrected chi connectivity index (χ1v) is 8.97. The summed E-state index contributed by atoms with van der Waals surface area (Å²) < 4.78 is 20.2. The fourth-order valence-electron chi connectivity index (χ4n) is 2.34. The van der Waals surface area contributed by atoms with Crippen molar-refractivity contribution in [3.63, 3.8) is 0 Å². The summed E-state index contributed by atoms with van der Waals surface area (Å²) in [6.07, 6.45) is 0.961. The maximum Gasteiger partial charge on any atom is 0.513 e. The van der Waals surface area contributed by atoms with E-state index in [0.29, 0.717) is 12.2 Å². The minimum absolute atomic E-state index is 0.182. The van der Waals surface area contributed by atoms with Crippen molar-refractivity contribution in [1.82, 2.24) is 4.90 Å². The standard InChI is InChI=1S/C19H29NO6/c1-5-20(6-2)12-8-9-13-25-18(21)15-10-11-16(17(14-15)23-4)26-19(22)24-7-3/h10-11,14H,5-9,12-13H2,1-4H3. The number of ether oxygens (including phenoxy) is 4. The Kier molecular flexibility index (Phi) is 10.2. The van der Waals surface area contributed by atoms with E-state index in [9.17, 15) is 9.59 Å². The zero-order valence-electron chi connectivity index (χ0n) is 16.1. The van der Waals surface area contributed by atoms with Crippen LogP contribution in [0.1, 0.15) is 44.0 Å². The molecule has 146 valence electrons. The van der Waals surface area contributed by atoms with Crippen molar-refractivity contribution in [3.8, 4) is 11.5 Å². The molecule has 0 aliphatic rings. The summed E-state index contributed by atoms with van der Waals surface area (Å²) in [7, 11) is 1.43. The van der Waals surface area contributed by atoms with Crippen LogP contribution in [0.2, 0.25) is 0 Å². The number of unbranched alkanes of at least 4 members (excludes halogenated alkanes) is 1.